The quantitative estimate of drug-likeness (QED) is 0.756. The molecule has 1 rings (SSSR count). The van der Waals surface area contributed by atoms with Gasteiger partial charge in [0.1, 0.15) is 21.6 Å². The molecule has 1 heterocycles. The molecule has 0 radical (unpaired) electrons. The highest BCUT2D eigenvalue weighted by Crippen LogP contribution is 2.42. The molecular formula is C14H23N3OS. The number of anilines is 2. The van der Waals surface area contributed by atoms with Crippen LogP contribution in [-0.4, -0.2) is 13.2 Å². The molecule has 3 N–H and O–H groups in total. The highest BCUT2D eigenvalue weighted by Gasteiger charge is 2.19. The lowest BCUT2D eigenvalue weighted by Crippen LogP contribution is -2.18. The van der Waals surface area contributed by atoms with Crippen LogP contribution in [0.1, 0.15) is 50.8 Å². The standard InChI is InChI=1S/C14H23N3OS/c1-4-6-8-10(7-5-2)17-14-13(18-3)12(16)11(9-15)19-14/h10,17H,4-8,16H2,1-3H3. The molecule has 0 amide bonds. The monoisotopic (exact) mass is 281 g/mol. The van der Waals surface area contributed by atoms with E-state index in [1.54, 1.807) is 7.11 Å². The highest BCUT2D eigenvalue weighted by atomic mass is 32.1. The van der Waals surface area contributed by atoms with Crippen LogP contribution in [-0.2, 0) is 0 Å². The summed E-state index contributed by atoms with van der Waals surface area (Å²) in [6.07, 6.45) is 5.77. The molecule has 0 spiro atoms. The first-order valence-electron chi connectivity index (χ1n) is 6.80. The molecule has 0 saturated heterocycles. The number of rotatable bonds is 8. The normalized spacial score (nSPS) is 11.9. The number of methoxy groups -OCH3 is 1. The van der Waals surface area contributed by atoms with Crippen molar-refractivity contribution >= 4 is 22.0 Å². The van der Waals surface area contributed by atoms with Crippen LogP contribution >= 0.6 is 11.3 Å². The maximum Gasteiger partial charge on any atom is 0.177 e. The van der Waals surface area contributed by atoms with E-state index in [0.717, 1.165) is 24.3 Å². The van der Waals surface area contributed by atoms with Gasteiger partial charge in [-0.3, -0.25) is 0 Å². The van der Waals surface area contributed by atoms with Gasteiger partial charge in [-0.2, -0.15) is 5.26 Å². The van der Waals surface area contributed by atoms with Gasteiger partial charge in [0, 0.05) is 6.04 Å². The summed E-state index contributed by atoms with van der Waals surface area (Å²) in [6.45, 7) is 4.38. The lowest BCUT2D eigenvalue weighted by Gasteiger charge is -2.18. The minimum atomic E-state index is 0.420. The van der Waals surface area contributed by atoms with E-state index >= 15 is 0 Å². The molecule has 1 atom stereocenters. The Labute approximate surface area is 119 Å². The number of nitriles is 1. The molecule has 1 unspecified atom stereocenters. The summed E-state index contributed by atoms with van der Waals surface area (Å²) in [6, 6.07) is 2.53. The molecule has 0 aliphatic rings. The number of nitrogens with two attached hydrogens (primary N) is 1. The molecule has 0 bridgehead atoms. The smallest absolute Gasteiger partial charge is 0.177 e. The van der Waals surface area contributed by atoms with Gasteiger partial charge in [0.25, 0.3) is 0 Å². The Bertz CT molecular complexity index is 437. The molecule has 0 aliphatic carbocycles. The lowest BCUT2D eigenvalue weighted by atomic mass is 10.1. The largest absolute Gasteiger partial charge is 0.492 e. The first-order chi connectivity index (χ1) is 9.17. The SMILES string of the molecule is CCCCC(CCC)Nc1sc(C#N)c(N)c1OC. The first-order valence-corrected chi connectivity index (χ1v) is 7.62. The van der Waals surface area contributed by atoms with E-state index < -0.39 is 0 Å². The summed E-state index contributed by atoms with van der Waals surface area (Å²) >= 11 is 1.38. The molecule has 0 saturated carbocycles. The molecule has 5 heteroatoms. The van der Waals surface area contributed by atoms with Gasteiger partial charge in [0.2, 0.25) is 0 Å². The number of nitrogens with zero attached hydrogens (tertiary/aromatic N) is 1. The second-order valence-corrected chi connectivity index (χ2v) is 5.61. The van der Waals surface area contributed by atoms with Gasteiger partial charge in [0.05, 0.1) is 7.11 Å². The van der Waals surface area contributed by atoms with Crippen LogP contribution in [0, 0.1) is 11.3 Å². The molecule has 0 fully saturated rings. The molecule has 1 aromatic rings. The van der Waals surface area contributed by atoms with Crippen molar-refractivity contribution in [1.29, 1.82) is 5.26 Å². The van der Waals surface area contributed by atoms with E-state index in [-0.39, 0.29) is 0 Å². The third-order valence-electron chi connectivity index (χ3n) is 3.08. The Morgan fingerprint density at radius 2 is 2.11 bits per heavy atom. The molecule has 19 heavy (non-hydrogen) atoms. The third-order valence-corrected chi connectivity index (χ3v) is 4.11. The number of hydrogen-bond acceptors (Lipinski definition) is 5. The number of thiophene rings is 1. The molecule has 106 valence electrons. The summed E-state index contributed by atoms with van der Waals surface area (Å²) in [5.74, 6) is 0.610. The molecule has 4 nitrogen and oxygen atoms in total. The second-order valence-electron chi connectivity index (χ2n) is 4.59. The van der Waals surface area contributed by atoms with E-state index in [9.17, 15) is 0 Å². The van der Waals surface area contributed by atoms with Crippen molar-refractivity contribution in [3.63, 3.8) is 0 Å². The Kier molecular flexibility index (Phi) is 6.51. The number of unbranched alkanes of at least 4 members (excludes halogenated alkanes) is 1. The Morgan fingerprint density at radius 1 is 1.37 bits per heavy atom. The number of hydrogen-bond donors (Lipinski definition) is 2. The highest BCUT2D eigenvalue weighted by molar-refractivity contribution is 7.17. The maximum absolute atomic E-state index is 9.03. The van der Waals surface area contributed by atoms with Crippen molar-refractivity contribution < 1.29 is 4.74 Å². The van der Waals surface area contributed by atoms with Crippen molar-refractivity contribution in [2.45, 2.75) is 52.0 Å². The third kappa shape index (κ3) is 4.03. The zero-order valence-corrected chi connectivity index (χ0v) is 12.8. The fraction of sp³-hybridized carbons (Fsp3) is 0.643. The van der Waals surface area contributed by atoms with Crippen LogP contribution in [0.3, 0.4) is 0 Å². The zero-order valence-electron chi connectivity index (χ0n) is 12.0. The lowest BCUT2D eigenvalue weighted by molar-refractivity contribution is 0.419. The molecule has 0 aromatic carbocycles. The average Bonchev–Trinajstić information content (AvgIpc) is 2.71. The van der Waals surface area contributed by atoms with Gasteiger partial charge >= 0.3 is 0 Å². The molecular weight excluding hydrogens is 258 g/mol. The van der Waals surface area contributed by atoms with Crippen LogP contribution in [0.2, 0.25) is 0 Å². The Morgan fingerprint density at radius 3 is 2.63 bits per heavy atom. The van der Waals surface area contributed by atoms with E-state index in [0.29, 0.717) is 22.4 Å². The van der Waals surface area contributed by atoms with Crippen molar-refractivity contribution in [3.8, 4) is 11.8 Å². The van der Waals surface area contributed by atoms with Gasteiger partial charge in [0.15, 0.2) is 5.75 Å². The summed E-state index contributed by atoms with van der Waals surface area (Å²) in [7, 11) is 1.59. The zero-order chi connectivity index (χ0) is 14.3. The van der Waals surface area contributed by atoms with Crippen LogP contribution in [0.5, 0.6) is 5.75 Å². The van der Waals surface area contributed by atoms with E-state index in [2.05, 4.69) is 25.2 Å². The van der Waals surface area contributed by atoms with E-state index in [1.807, 2.05) is 0 Å². The Balaban J connectivity index is 2.86. The Hall–Kier alpha value is -1.41. The number of nitrogen functional groups attached to an aromatic ring is 1. The predicted octanol–water partition coefficient (Wildman–Crippen LogP) is 3.98. The average molecular weight is 281 g/mol. The predicted molar refractivity (Wildman–Crippen MR) is 81.8 cm³/mol. The van der Waals surface area contributed by atoms with Gasteiger partial charge in [-0.05, 0) is 12.8 Å². The maximum atomic E-state index is 9.03. The topological polar surface area (TPSA) is 71.1 Å². The summed E-state index contributed by atoms with van der Waals surface area (Å²) in [4.78, 5) is 0.519. The molecule has 1 aromatic heterocycles. The van der Waals surface area contributed by atoms with Crippen molar-refractivity contribution in [1.82, 2.24) is 0 Å². The van der Waals surface area contributed by atoms with Gasteiger partial charge in [-0.1, -0.05) is 33.1 Å². The van der Waals surface area contributed by atoms with E-state index in [1.165, 1.54) is 24.2 Å². The van der Waals surface area contributed by atoms with Crippen LogP contribution in [0.15, 0.2) is 0 Å². The fourth-order valence-electron chi connectivity index (χ4n) is 2.08. The van der Waals surface area contributed by atoms with E-state index in [4.69, 9.17) is 15.7 Å². The first kappa shape index (κ1) is 15.6. The number of nitrogens with one attached hydrogen (secondary N) is 1. The van der Waals surface area contributed by atoms with Crippen LogP contribution < -0.4 is 15.8 Å². The van der Waals surface area contributed by atoms with Crippen molar-refractivity contribution in [2.75, 3.05) is 18.2 Å². The minimum Gasteiger partial charge on any atom is -0.492 e. The van der Waals surface area contributed by atoms with Gasteiger partial charge in [-0.25, -0.2) is 0 Å². The van der Waals surface area contributed by atoms with Crippen molar-refractivity contribution in [3.05, 3.63) is 4.88 Å². The minimum absolute atomic E-state index is 0.420. The van der Waals surface area contributed by atoms with Crippen LogP contribution in [0.4, 0.5) is 10.7 Å². The fourth-order valence-corrected chi connectivity index (χ4v) is 3.05. The van der Waals surface area contributed by atoms with Gasteiger partial charge < -0.3 is 15.8 Å². The summed E-state index contributed by atoms with van der Waals surface area (Å²) in [5.41, 5.74) is 6.35. The summed E-state index contributed by atoms with van der Waals surface area (Å²) < 4.78 is 5.31. The van der Waals surface area contributed by atoms with Gasteiger partial charge in [-0.15, -0.1) is 11.3 Å². The second kappa shape index (κ2) is 7.90. The van der Waals surface area contributed by atoms with Crippen LogP contribution in [0.25, 0.3) is 0 Å². The molecule has 0 aliphatic heterocycles. The summed E-state index contributed by atoms with van der Waals surface area (Å²) in [5, 5.41) is 13.4. The van der Waals surface area contributed by atoms with Crippen molar-refractivity contribution in [2.24, 2.45) is 0 Å². The number of ether oxygens (including phenoxy) is 1.